The van der Waals surface area contributed by atoms with Crippen LogP contribution in [-0.2, 0) is 4.79 Å². The predicted octanol–water partition coefficient (Wildman–Crippen LogP) is 4.45. The first-order chi connectivity index (χ1) is 9.88. The number of carboxylic acid groups (broad SMARTS) is 1. The first kappa shape index (κ1) is 16.8. The molecule has 2 rings (SSSR count). The second kappa shape index (κ2) is 7.11. The molecule has 1 aliphatic rings. The van der Waals surface area contributed by atoms with Gasteiger partial charge in [-0.05, 0) is 56.8 Å². The van der Waals surface area contributed by atoms with Crippen LogP contribution in [0.4, 0.5) is 10.5 Å². The second-order valence-corrected chi connectivity index (χ2v) is 7.37. The van der Waals surface area contributed by atoms with Crippen LogP contribution in [0, 0.1) is 0 Å². The lowest BCUT2D eigenvalue weighted by Crippen LogP contribution is -2.38. The van der Waals surface area contributed by atoms with Gasteiger partial charge in [-0.25, -0.2) is 4.79 Å². The molecule has 0 atom stereocenters. The van der Waals surface area contributed by atoms with Gasteiger partial charge < -0.3 is 15.3 Å². The second-order valence-electron chi connectivity index (χ2n) is 4.74. The van der Waals surface area contributed by atoms with Crippen molar-refractivity contribution in [1.29, 1.82) is 0 Å². The minimum atomic E-state index is -0.903. The first-order valence-electron chi connectivity index (χ1n) is 6.32. The van der Waals surface area contributed by atoms with Crippen molar-refractivity contribution in [1.82, 2.24) is 4.90 Å². The lowest BCUT2D eigenvalue weighted by molar-refractivity contribution is -0.137. The van der Waals surface area contributed by atoms with Gasteiger partial charge in [-0.1, -0.05) is 15.9 Å². The van der Waals surface area contributed by atoms with E-state index in [1.165, 1.54) is 0 Å². The number of amides is 2. The number of carbonyl (C=O) groups is 2. The lowest BCUT2D eigenvalue weighted by Gasteiger charge is -2.23. The fraction of sp³-hybridized carbons (Fsp3) is 0.385. The van der Waals surface area contributed by atoms with Crippen LogP contribution in [0.5, 0.6) is 0 Å². The van der Waals surface area contributed by atoms with Crippen molar-refractivity contribution in [2.24, 2.45) is 0 Å². The molecule has 0 aromatic heterocycles. The molecule has 0 spiro atoms. The van der Waals surface area contributed by atoms with Crippen molar-refractivity contribution in [2.45, 2.75) is 25.3 Å². The third-order valence-electron chi connectivity index (χ3n) is 3.05. The minimum absolute atomic E-state index is 0.0490. The Balaban J connectivity index is 2.10. The number of hydrogen-bond acceptors (Lipinski definition) is 2. The van der Waals surface area contributed by atoms with Crippen molar-refractivity contribution < 1.29 is 14.7 Å². The Morgan fingerprint density at radius 2 is 1.81 bits per heavy atom. The summed E-state index contributed by atoms with van der Waals surface area (Å²) >= 11 is 10.2. The Labute approximate surface area is 147 Å². The Morgan fingerprint density at radius 1 is 1.24 bits per heavy atom. The molecular weight excluding hydrogens is 472 g/mol. The van der Waals surface area contributed by atoms with Gasteiger partial charge in [0.15, 0.2) is 0 Å². The molecule has 1 aliphatic carbocycles. The zero-order valence-electron chi connectivity index (χ0n) is 10.9. The molecule has 2 N–H and O–H groups in total. The standard InChI is InChI=1S/C13H13Br3N2O3/c14-7-5-9(15)12(10(16)6-7)17-13(21)18(8-1-2-8)4-3-11(19)20/h5-6,8H,1-4H2,(H,17,21)(H,19,20). The SMILES string of the molecule is O=C(O)CCN(C(=O)Nc1c(Br)cc(Br)cc1Br)C1CC1. The van der Waals surface area contributed by atoms with Crippen LogP contribution in [0.2, 0.25) is 0 Å². The van der Waals surface area contributed by atoms with Gasteiger partial charge in [-0.3, -0.25) is 4.79 Å². The third kappa shape index (κ3) is 4.69. The number of anilines is 1. The van der Waals surface area contributed by atoms with E-state index in [2.05, 4.69) is 53.1 Å². The summed E-state index contributed by atoms with van der Waals surface area (Å²) in [4.78, 5) is 24.7. The molecule has 1 saturated carbocycles. The lowest BCUT2D eigenvalue weighted by atomic mass is 10.3. The van der Waals surface area contributed by atoms with Gasteiger partial charge in [-0.15, -0.1) is 0 Å². The molecule has 0 bridgehead atoms. The van der Waals surface area contributed by atoms with Gasteiger partial charge >= 0.3 is 12.0 Å². The quantitative estimate of drug-likeness (QED) is 0.649. The van der Waals surface area contributed by atoms with Crippen LogP contribution >= 0.6 is 47.8 Å². The van der Waals surface area contributed by atoms with Crippen molar-refractivity contribution in [3.8, 4) is 0 Å². The van der Waals surface area contributed by atoms with E-state index in [0.717, 1.165) is 26.3 Å². The number of aliphatic carboxylic acids is 1. The Hall–Kier alpha value is -0.600. The van der Waals surface area contributed by atoms with E-state index in [-0.39, 0.29) is 25.0 Å². The molecule has 0 heterocycles. The Bertz CT molecular complexity index is 553. The summed E-state index contributed by atoms with van der Waals surface area (Å²) < 4.78 is 2.36. The van der Waals surface area contributed by atoms with E-state index < -0.39 is 5.97 Å². The number of halogens is 3. The molecule has 0 aliphatic heterocycles. The highest BCUT2D eigenvalue weighted by atomic mass is 79.9. The molecule has 1 fully saturated rings. The van der Waals surface area contributed by atoms with Crippen LogP contribution in [0.15, 0.2) is 25.6 Å². The van der Waals surface area contributed by atoms with Gasteiger partial charge in [0.1, 0.15) is 0 Å². The number of carbonyl (C=O) groups excluding carboxylic acids is 1. The molecule has 0 saturated heterocycles. The molecule has 1 aromatic carbocycles. The van der Waals surface area contributed by atoms with Crippen molar-refractivity contribution in [2.75, 3.05) is 11.9 Å². The molecule has 5 nitrogen and oxygen atoms in total. The highest BCUT2D eigenvalue weighted by Crippen LogP contribution is 2.35. The van der Waals surface area contributed by atoms with Crippen LogP contribution in [0.1, 0.15) is 19.3 Å². The number of hydrogen-bond donors (Lipinski definition) is 2. The number of urea groups is 1. The van der Waals surface area contributed by atoms with Gasteiger partial charge in [0.25, 0.3) is 0 Å². The van der Waals surface area contributed by atoms with Crippen molar-refractivity contribution in [3.05, 3.63) is 25.6 Å². The molecule has 21 heavy (non-hydrogen) atoms. The monoisotopic (exact) mass is 482 g/mol. The fourth-order valence-electron chi connectivity index (χ4n) is 1.89. The molecule has 114 valence electrons. The van der Waals surface area contributed by atoms with Gasteiger partial charge in [0, 0.05) is 26.0 Å². The Morgan fingerprint density at radius 3 is 2.29 bits per heavy atom. The largest absolute Gasteiger partial charge is 0.481 e. The molecule has 2 amide bonds. The summed E-state index contributed by atoms with van der Waals surface area (Å²) in [5.74, 6) is -0.903. The average molecular weight is 485 g/mol. The van der Waals surface area contributed by atoms with E-state index in [1.54, 1.807) is 4.90 Å². The smallest absolute Gasteiger partial charge is 0.322 e. The van der Waals surface area contributed by atoms with E-state index >= 15 is 0 Å². The number of rotatable bonds is 5. The first-order valence-corrected chi connectivity index (χ1v) is 8.70. The summed E-state index contributed by atoms with van der Waals surface area (Å²) in [5, 5.41) is 11.6. The normalized spacial score (nSPS) is 13.9. The van der Waals surface area contributed by atoms with E-state index in [4.69, 9.17) is 5.11 Å². The van der Waals surface area contributed by atoms with Crippen molar-refractivity contribution >= 4 is 65.5 Å². The zero-order valence-corrected chi connectivity index (χ0v) is 15.7. The highest BCUT2D eigenvalue weighted by molar-refractivity contribution is 9.11. The third-order valence-corrected chi connectivity index (χ3v) is 4.76. The maximum absolute atomic E-state index is 12.4. The summed E-state index contributed by atoms with van der Waals surface area (Å²) in [6.45, 7) is 0.220. The van der Waals surface area contributed by atoms with Gasteiger partial charge in [0.05, 0.1) is 12.1 Å². The maximum Gasteiger partial charge on any atom is 0.322 e. The zero-order chi connectivity index (χ0) is 15.6. The topological polar surface area (TPSA) is 69.6 Å². The van der Waals surface area contributed by atoms with Crippen LogP contribution in [0.25, 0.3) is 0 Å². The summed E-state index contributed by atoms with van der Waals surface area (Å²) in [7, 11) is 0. The molecule has 8 heteroatoms. The average Bonchev–Trinajstić information content (AvgIpc) is 3.18. The number of carboxylic acids is 1. The summed E-state index contributed by atoms with van der Waals surface area (Å²) in [6, 6.07) is 3.54. The van der Waals surface area contributed by atoms with E-state index in [1.807, 2.05) is 12.1 Å². The van der Waals surface area contributed by atoms with Crippen molar-refractivity contribution in [3.63, 3.8) is 0 Å². The van der Waals surface area contributed by atoms with Gasteiger partial charge in [-0.2, -0.15) is 0 Å². The maximum atomic E-state index is 12.4. The Kier molecular flexibility index (Phi) is 5.67. The molecule has 0 unspecified atom stereocenters. The molecule has 1 aromatic rings. The van der Waals surface area contributed by atoms with E-state index in [0.29, 0.717) is 5.69 Å². The van der Waals surface area contributed by atoms with Gasteiger partial charge in [0.2, 0.25) is 0 Å². The number of nitrogens with one attached hydrogen (secondary N) is 1. The summed E-state index contributed by atoms with van der Waals surface area (Å²) in [6.07, 6.45) is 1.80. The van der Waals surface area contributed by atoms with Crippen LogP contribution < -0.4 is 5.32 Å². The molecule has 0 radical (unpaired) electrons. The minimum Gasteiger partial charge on any atom is -0.481 e. The number of benzene rings is 1. The molecular formula is C13H13Br3N2O3. The number of nitrogens with zero attached hydrogens (tertiary/aromatic N) is 1. The highest BCUT2D eigenvalue weighted by Gasteiger charge is 2.33. The van der Waals surface area contributed by atoms with Crippen LogP contribution in [0.3, 0.4) is 0 Å². The predicted molar refractivity (Wildman–Crippen MR) is 90.5 cm³/mol. The summed E-state index contributed by atoms with van der Waals surface area (Å²) in [5.41, 5.74) is 0.629. The fourth-order valence-corrected chi connectivity index (χ4v) is 4.35. The van der Waals surface area contributed by atoms with E-state index in [9.17, 15) is 9.59 Å². The van der Waals surface area contributed by atoms with Crippen LogP contribution in [-0.4, -0.2) is 34.6 Å².